The van der Waals surface area contributed by atoms with Gasteiger partial charge in [-0.05, 0) is 36.2 Å². The highest BCUT2D eigenvalue weighted by atomic mass is 19.2. The summed E-state index contributed by atoms with van der Waals surface area (Å²) in [6.07, 6.45) is 1.44. The van der Waals surface area contributed by atoms with Gasteiger partial charge < -0.3 is 15.2 Å². The molecule has 2 atom stereocenters. The van der Waals surface area contributed by atoms with Crippen LogP contribution in [0.4, 0.5) is 8.78 Å². The van der Waals surface area contributed by atoms with Crippen LogP contribution >= 0.6 is 0 Å². The lowest BCUT2D eigenvalue weighted by Crippen LogP contribution is -2.34. The molecule has 0 saturated carbocycles. The minimum absolute atomic E-state index is 0.0760. The number of pyridine rings is 1. The average molecular weight is 449 g/mol. The number of carbonyl (C=O) groups is 1. The Balaban J connectivity index is 1.42. The summed E-state index contributed by atoms with van der Waals surface area (Å²) in [5, 5.41) is 13.4. The number of aliphatic hydroxyl groups is 1. The first kappa shape index (κ1) is 21.1. The van der Waals surface area contributed by atoms with E-state index in [-0.39, 0.29) is 18.1 Å². The molecule has 8 heteroatoms. The van der Waals surface area contributed by atoms with E-state index in [0.29, 0.717) is 29.2 Å². The van der Waals surface area contributed by atoms with Crippen molar-refractivity contribution in [3.8, 4) is 5.75 Å². The van der Waals surface area contributed by atoms with Crippen LogP contribution in [-0.2, 0) is 13.0 Å². The van der Waals surface area contributed by atoms with Crippen molar-refractivity contribution in [3.05, 3.63) is 101 Å². The topological polar surface area (TPSA) is 75.9 Å². The lowest BCUT2D eigenvalue weighted by Gasteiger charge is -2.18. The number of fused-ring (bicyclic) bond motifs is 2. The molecule has 1 aliphatic rings. The Labute approximate surface area is 188 Å². The number of nitrogens with zero attached hydrogens (tertiary/aromatic N) is 2. The standard InChI is InChI=1S/C25H21F2N3O3/c1-14-23(25(32)29-22-17-8-3-2-6-15(17)12-19(22)31)30-11-5-10-20(24(30)28-14)33-13-16-7-4-9-18(26)21(16)27/h2-11,19,22,31H,12-13H2,1H3,(H,29,32)/t19-,22+/m0/s1. The number of aromatic nitrogens is 2. The monoisotopic (exact) mass is 449 g/mol. The Kier molecular flexibility index (Phi) is 5.30. The maximum absolute atomic E-state index is 14.0. The number of hydrogen-bond acceptors (Lipinski definition) is 4. The molecule has 5 rings (SSSR count). The predicted octanol–water partition coefficient (Wildman–Crippen LogP) is 3.89. The smallest absolute Gasteiger partial charge is 0.270 e. The zero-order valence-electron chi connectivity index (χ0n) is 17.8. The van der Waals surface area contributed by atoms with Crippen molar-refractivity contribution in [2.24, 2.45) is 0 Å². The highest BCUT2D eigenvalue weighted by molar-refractivity contribution is 5.95. The van der Waals surface area contributed by atoms with Crippen LogP contribution in [0.5, 0.6) is 5.75 Å². The normalized spacial score (nSPS) is 17.2. The van der Waals surface area contributed by atoms with E-state index in [9.17, 15) is 18.7 Å². The fourth-order valence-corrected chi connectivity index (χ4v) is 4.32. The number of aryl methyl sites for hydroxylation is 1. The molecule has 1 amide bonds. The average Bonchev–Trinajstić information content (AvgIpc) is 3.30. The van der Waals surface area contributed by atoms with Crippen LogP contribution in [0, 0.1) is 18.6 Å². The number of nitrogens with one attached hydrogen (secondary N) is 1. The maximum Gasteiger partial charge on any atom is 0.270 e. The second kappa shape index (κ2) is 8.29. The molecule has 0 unspecified atom stereocenters. The predicted molar refractivity (Wildman–Crippen MR) is 117 cm³/mol. The molecular weight excluding hydrogens is 428 g/mol. The fourth-order valence-electron chi connectivity index (χ4n) is 4.32. The van der Waals surface area contributed by atoms with Crippen LogP contribution in [0.25, 0.3) is 5.65 Å². The number of hydrogen-bond donors (Lipinski definition) is 2. The van der Waals surface area contributed by atoms with Crippen LogP contribution < -0.4 is 10.1 Å². The van der Waals surface area contributed by atoms with Gasteiger partial charge >= 0.3 is 0 Å². The molecule has 2 aromatic heterocycles. The third kappa shape index (κ3) is 3.72. The van der Waals surface area contributed by atoms with Gasteiger partial charge in [0.2, 0.25) is 0 Å². The van der Waals surface area contributed by atoms with Crippen LogP contribution in [0.15, 0.2) is 60.8 Å². The van der Waals surface area contributed by atoms with E-state index in [4.69, 9.17) is 4.74 Å². The van der Waals surface area contributed by atoms with Crippen LogP contribution in [-0.4, -0.2) is 26.5 Å². The molecule has 2 N–H and O–H groups in total. The van der Waals surface area contributed by atoms with Crippen molar-refractivity contribution in [2.75, 3.05) is 0 Å². The number of benzene rings is 2. The molecule has 0 aliphatic heterocycles. The first-order chi connectivity index (χ1) is 15.9. The maximum atomic E-state index is 14.0. The van der Waals surface area contributed by atoms with Crippen molar-refractivity contribution in [1.29, 1.82) is 0 Å². The molecule has 2 aromatic carbocycles. The minimum atomic E-state index is -0.959. The van der Waals surface area contributed by atoms with Gasteiger partial charge in [0.15, 0.2) is 23.0 Å². The zero-order chi connectivity index (χ0) is 23.1. The molecule has 6 nitrogen and oxygen atoms in total. The third-order valence-electron chi connectivity index (χ3n) is 5.91. The van der Waals surface area contributed by atoms with Gasteiger partial charge in [0.25, 0.3) is 5.91 Å². The summed E-state index contributed by atoms with van der Waals surface area (Å²) in [5.74, 6) is -1.95. The van der Waals surface area contributed by atoms with Gasteiger partial charge in [-0.3, -0.25) is 9.20 Å². The van der Waals surface area contributed by atoms with Crippen molar-refractivity contribution >= 4 is 11.6 Å². The zero-order valence-corrected chi connectivity index (χ0v) is 17.8. The highest BCUT2D eigenvalue weighted by Crippen LogP contribution is 2.32. The van der Waals surface area contributed by atoms with Crippen molar-refractivity contribution in [2.45, 2.75) is 32.1 Å². The lowest BCUT2D eigenvalue weighted by molar-refractivity contribution is 0.0852. The summed E-state index contributed by atoms with van der Waals surface area (Å²) in [7, 11) is 0. The number of ether oxygens (including phenoxy) is 1. The molecule has 1 aliphatic carbocycles. The Bertz CT molecular complexity index is 1370. The molecule has 0 fully saturated rings. The number of imidazole rings is 1. The molecule has 33 heavy (non-hydrogen) atoms. The van der Waals surface area contributed by atoms with Crippen LogP contribution in [0.2, 0.25) is 0 Å². The number of amides is 1. The number of rotatable bonds is 5. The minimum Gasteiger partial charge on any atom is -0.485 e. The van der Waals surface area contributed by atoms with Gasteiger partial charge in [0, 0.05) is 18.2 Å². The Hall–Kier alpha value is -3.78. The molecule has 0 bridgehead atoms. The van der Waals surface area contributed by atoms with Crippen molar-refractivity contribution in [3.63, 3.8) is 0 Å². The number of aliphatic hydroxyl groups excluding tert-OH is 1. The highest BCUT2D eigenvalue weighted by Gasteiger charge is 2.33. The fraction of sp³-hybridized carbons (Fsp3) is 0.200. The number of halogens is 2. The molecule has 0 saturated heterocycles. The van der Waals surface area contributed by atoms with E-state index in [2.05, 4.69) is 10.3 Å². The summed E-state index contributed by atoms with van der Waals surface area (Å²) in [6.45, 7) is 1.51. The van der Waals surface area contributed by atoms with E-state index in [1.807, 2.05) is 24.3 Å². The number of carbonyl (C=O) groups excluding carboxylic acids is 1. The van der Waals surface area contributed by atoms with Gasteiger partial charge in [0.1, 0.15) is 12.3 Å². The summed E-state index contributed by atoms with van der Waals surface area (Å²) in [6, 6.07) is 14.3. The molecule has 2 heterocycles. The van der Waals surface area contributed by atoms with Gasteiger partial charge in [-0.15, -0.1) is 0 Å². The SMILES string of the molecule is Cc1nc2c(OCc3cccc(F)c3F)cccn2c1C(=O)N[C@@H]1c2ccccc2C[C@@H]1O. The van der Waals surface area contributed by atoms with E-state index in [1.165, 1.54) is 12.1 Å². The van der Waals surface area contributed by atoms with E-state index >= 15 is 0 Å². The Morgan fingerprint density at radius 3 is 2.85 bits per heavy atom. The van der Waals surface area contributed by atoms with Crippen molar-refractivity contribution in [1.82, 2.24) is 14.7 Å². The third-order valence-corrected chi connectivity index (χ3v) is 5.91. The molecular formula is C25H21F2N3O3. The first-order valence-electron chi connectivity index (χ1n) is 10.5. The molecule has 168 valence electrons. The second-order valence-corrected chi connectivity index (χ2v) is 8.03. The van der Waals surface area contributed by atoms with Gasteiger partial charge in [-0.25, -0.2) is 13.8 Å². The van der Waals surface area contributed by atoms with Gasteiger partial charge in [-0.2, -0.15) is 0 Å². The summed E-state index contributed by atoms with van der Waals surface area (Å²) < 4.78 is 34.8. The summed E-state index contributed by atoms with van der Waals surface area (Å²) in [4.78, 5) is 17.7. The van der Waals surface area contributed by atoms with E-state index < -0.39 is 23.8 Å². The van der Waals surface area contributed by atoms with Crippen molar-refractivity contribution < 1.29 is 23.4 Å². The van der Waals surface area contributed by atoms with Crippen LogP contribution in [0.3, 0.4) is 0 Å². The van der Waals surface area contributed by atoms with E-state index in [1.54, 1.807) is 29.7 Å². The van der Waals surface area contributed by atoms with E-state index in [0.717, 1.165) is 17.2 Å². The Morgan fingerprint density at radius 1 is 1.18 bits per heavy atom. The first-order valence-corrected chi connectivity index (χ1v) is 10.5. The van der Waals surface area contributed by atoms with Gasteiger partial charge in [0.05, 0.1) is 17.8 Å². The molecule has 0 radical (unpaired) electrons. The Morgan fingerprint density at radius 2 is 2.00 bits per heavy atom. The van der Waals surface area contributed by atoms with Gasteiger partial charge in [-0.1, -0.05) is 36.4 Å². The second-order valence-electron chi connectivity index (χ2n) is 8.03. The molecule has 4 aromatic rings. The quantitative estimate of drug-likeness (QED) is 0.485. The van der Waals surface area contributed by atoms with Crippen LogP contribution in [0.1, 0.15) is 38.9 Å². The lowest BCUT2D eigenvalue weighted by atomic mass is 10.1. The summed E-state index contributed by atoms with van der Waals surface area (Å²) in [5.41, 5.74) is 3.14. The molecule has 0 spiro atoms. The summed E-state index contributed by atoms with van der Waals surface area (Å²) >= 11 is 0. The largest absolute Gasteiger partial charge is 0.485 e.